The maximum absolute atomic E-state index is 12.0. The number of aromatic nitrogens is 1. The van der Waals surface area contributed by atoms with Crippen LogP contribution in [-0.4, -0.2) is 16.9 Å². The van der Waals surface area contributed by atoms with Gasteiger partial charge in [0.1, 0.15) is 0 Å². The molecule has 1 heterocycles. The first-order valence-corrected chi connectivity index (χ1v) is 8.57. The van der Waals surface area contributed by atoms with Crippen molar-refractivity contribution in [2.75, 3.05) is 0 Å². The van der Waals surface area contributed by atoms with Gasteiger partial charge in [-0.3, -0.25) is 4.79 Å². The fourth-order valence-electron chi connectivity index (χ4n) is 3.64. The molecule has 2 aromatic rings. The van der Waals surface area contributed by atoms with E-state index in [2.05, 4.69) is 17.2 Å². The van der Waals surface area contributed by atoms with Gasteiger partial charge in [-0.05, 0) is 68.2 Å². The van der Waals surface area contributed by atoms with Gasteiger partial charge in [0.2, 0.25) is 5.91 Å². The Morgan fingerprint density at radius 2 is 2.18 bits per heavy atom. The van der Waals surface area contributed by atoms with Gasteiger partial charge in [-0.1, -0.05) is 11.6 Å². The van der Waals surface area contributed by atoms with Gasteiger partial charge in [0.15, 0.2) is 0 Å². The molecular weight excluding hydrogens is 296 g/mol. The van der Waals surface area contributed by atoms with Crippen LogP contribution >= 0.6 is 11.6 Å². The van der Waals surface area contributed by atoms with Crippen molar-refractivity contribution >= 4 is 28.4 Å². The minimum atomic E-state index is 0.227. The number of H-pyrrole nitrogens is 1. The third-order valence-electron chi connectivity index (χ3n) is 5.00. The topological polar surface area (TPSA) is 44.9 Å². The molecule has 2 aliphatic carbocycles. The summed E-state index contributed by atoms with van der Waals surface area (Å²) in [4.78, 5) is 15.6. The largest absolute Gasteiger partial charge is 0.358 e. The van der Waals surface area contributed by atoms with Gasteiger partial charge in [-0.25, -0.2) is 0 Å². The van der Waals surface area contributed by atoms with E-state index in [4.69, 9.17) is 11.6 Å². The first kappa shape index (κ1) is 14.1. The Balaban J connectivity index is 1.57. The van der Waals surface area contributed by atoms with Crippen molar-refractivity contribution in [3.63, 3.8) is 0 Å². The average molecular weight is 317 g/mol. The SMILES string of the molecule is Cc1cc(Cl)cc2c3c([nH]c12)CC[C@H](NC(=O)CC1CC1)C3. The van der Waals surface area contributed by atoms with E-state index in [1.807, 2.05) is 12.1 Å². The Labute approximate surface area is 135 Å². The van der Waals surface area contributed by atoms with Crippen LogP contribution in [0.2, 0.25) is 5.02 Å². The smallest absolute Gasteiger partial charge is 0.220 e. The summed E-state index contributed by atoms with van der Waals surface area (Å²) in [6, 6.07) is 4.31. The predicted octanol–water partition coefficient (Wildman–Crippen LogP) is 3.90. The van der Waals surface area contributed by atoms with E-state index < -0.39 is 0 Å². The number of fused-ring (bicyclic) bond motifs is 3. The molecule has 4 heteroatoms. The second kappa shape index (κ2) is 5.31. The Morgan fingerprint density at radius 3 is 2.95 bits per heavy atom. The van der Waals surface area contributed by atoms with Gasteiger partial charge in [0.25, 0.3) is 0 Å². The molecule has 1 saturated carbocycles. The van der Waals surface area contributed by atoms with Crippen LogP contribution < -0.4 is 5.32 Å². The molecule has 116 valence electrons. The second-order valence-electron chi connectivity index (χ2n) is 6.88. The van der Waals surface area contributed by atoms with Gasteiger partial charge < -0.3 is 10.3 Å². The lowest BCUT2D eigenvalue weighted by molar-refractivity contribution is -0.122. The highest BCUT2D eigenvalue weighted by Crippen LogP contribution is 2.34. The summed E-state index contributed by atoms with van der Waals surface area (Å²) < 4.78 is 0. The van der Waals surface area contributed by atoms with Crippen molar-refractivity contribution in [3.05, 3.63) is 34.0 Å². The summed E-state index contributed by atoms with van der Waals surface area (Å²) in [5, 5.41) is 5.24. The van der Waals surface area contributed by atoms with Gasteiger partial charge in [-0.15, -0.1) is 0 Å². The maximum atomic E-state index is 12.0. The maximum Gasteiger partial charge on any atom is 0.220 e. The monoisotopic (exact) mass is 316 g/mol. The number of benzene rings is 1. The van der Waals surface area contributed by atoms with E-state index in [0.29, 0.717) is 12.3 Å². The summed E-state index contributed by atoms with van der Waals surface area (Å²) >= 11 is 6.22. The van der Waals surface area contributed by atoms with Crippen LogP contribution in [0.25, 0.3) is 10.9 Å². The molecule has 1 amide bonds. The molecule has 4 rings (SSSR count). The second-order valence-corrected chi connectivity index (χ2v) is 7.32. The van der Waals surface area contributed by atoms with E-state index >= 15 is 0 Å². The minimum Gasteiger partial charge on any atom is -0.358 e. The molecule has 1 aromatic heterocycles. The molecule has 1 fully saturated rings. The number of aromatic amines is 1. The molecular formula is C18H21ClN2O. The Bertz CT molecular complexity index is 745. The summed E-state index contributed by atoms with van der Waals surface area (Å²) in [7, 11) is 0. The number of aryl methyl sites for hydroxylation is 2. The van der Waals surface area contributed by atoms with Crippen LogP contribution in [0.4, 0.5) is 0 Å². The summed E-state index contributed by atoms with van der Waals surface area (Å²) in [6.45, 7) is 2.09. The fraction of sp³-hybridized carbons (Fsp3) is 0.500. The first-order valence-electron chi connectivity index (χ1n) is 8.19. The highest BCUT2D eigenvalue weighted by molar-refractivity contribution is 6.31. The molecule has 1 aromatic carbocycles. The van der Waals surface area contributed by atoms with Crippen molar-refractivity contribution in [1.29, 1.82) is 0 Å². The third-order valence-corrected chi connectivity index (χ3v) is 5.21. The third kappa shape index (κ3) is 2.63. The zero-order chi connectivity index (χ0) is 15.3. The van der Waals surface area contributed by atoms with Crippen LogP contribution in [0.3, 0.4) is 0 Å². The lowest BCUT2D eigenvalue weighted by Crippen LogP contribution is -2.38. The molecule has 0 unspecified atom stereocenters. The lowest BCUT2D eigenvalue weighted by Gasteiger charge is -2.23. The Morgan fingerprint density at radius 1 is 1.36 bits per heavy atom. The molecule has 22 heavy (non-hydrogen) atoms. The zero-order valence-corrected chi connectivity index (χ0v) is 13.6. The normalized spacial score (nSPS) is 20.9. The number of carbonyl (C=O) groups is 1. The Hall–Kier alpha value is -1.48. The van der Waals surface area contributed by atoms with E-state index in [9.17, 15) is 4.79 Å². The van der Waals surface area contributed by atoms with Gasteiger partial charge in [-0.2, -0.15) is 0 Å². The van der Waals surface area contributed by atoms with Crippen molar-refractivity contribution in [3.8, 4) is 0 Å². The molecule has 0 radical (unpaired) electrons. The van der Waals surface area contributed by atoms with E-state index in [0.717, 1.165) is 24.3 Å². The first-order chi connectivity index (χ1) is 10.6. The van der Waals surface area contributed by atoms with Gasteiger partial charge in [0, 0.05) is 34.1 Å². The molecule has 0 saturated heterocycles. The van der Waals surface area contributed by atoms with E-state index in [-0.39, 0.29) is 11.9 Å². The highest BCUT2D eigenvalue weighted by Gasteiger charge is 2.28. The molecule has 0 spiro atoms. The number of carbonyl (C=O) groups excluding carboxylic acids is 1. The van der Waals surface area contributed by atoms with E-state index in [1.165, 1.54) is 40.6 Å². The highest BCUT2D eigenvalue weighted by atomic mass is 35.5. The number of hydrogen-bond donors (Lipinski definition) is 2. The summed E-state index contributed by atoms with van der Waals surface area (Å²) in [6.07, 6.45) is 6.08. The van der Waals surface area contributed by atoms with Crippen molar-refractivity contribution < 1.29 is 4.79 Å². The molecule has 2 aliphatic rings. The van der Waals surface area contributed by atoms with Crippen LogP contribution in [0.15, 0.2) is 12.1 Å². The number of nitrogens with one attached hydrogen (secondary N) is 2. The van der Waals surface area contributed by atoms with Crippen LogP contribution in [0, 0.1) is 12.8 Å². The molecule has 2 N–H and O–H groups in total. The van der Waals surface area contributed by atoms with Crippen LogP contribution in [0.1, 0.15) is 42.5 Å². The van der Waals surface area contributed by atoms with Crippen LogP contribution in [0.5, 0.6) is 0 Å². The lowest BCUT2D eigenvalue weighted by atomic mass is 9.91. The van der Waals surface area contributed by atoms with Gasteiger partial charge >= 0.3 is 0 Å². The quantitative estimate of drug-likeness (QED) is 0.886. The Kier molecular flexibility index (Phi) is 3.41. The predicted molar refractivity (Wildman–Crippen MR) is 89.3 cm³/mol. The molecule has 3 nitrogen and oxygen atoms in total. The minimum absolute atomic E-state index is 0.227. The average Bonchev–Trinajstić information content (AvgIpc) is 3.19. The van der Waals surface area contributed by atoms with Crippen molar-refractivity contribution in [2.45, 2.75) is 51.5 Å². The summed E-state index contributed by atoms with van der Waals surface area (Å²) in [5.74, 6) is 0.874. The number of halogens is 1. The number of rotatable bonds is 3. The van der Waals surface area contributed by atoms with Gasteiger partial charge in [0.05, 0.1) is 0 Å². The van der Waals surface area contributed by atoms with Crippen LogP contribution in [-0.2, 0) is 17.6 Å². The number of hydrogen-bond acceptors (Lipinski definition) is 1. The molecule has 0 bridgehead atoms. The summed E-state index contributed by atoms with van der Waals surface area (Å²) in [5.41, 5.74) is 5.03. The molecule has 0 aliphatic heterocycles. The standard InChI is InChI=1S/C18H21ClN2O/c1-10-6-12(19)8-15-14-9-13(4-5-16(14)21-18(10)15)20-17(22)7-11-2-3-11/h6,8,11,13,21H,2-5,7,9H2,1H3,(H,20,22)/t13-/m0/s1. The van der Waals surface area contributed by atoms with Crippen molar-refractivity contribution in [1.82, 2.24) is 10.3 Å². The van der Waals surface area contributed by atoms with Crippen molar-refractivity contribution in [2.24, 2.45) is 5.92 Å². The van der Waals surface area contributed by atoms with E-state index in [1.54, 1.807) is 0 Å². The zero-order valence-electron chi connectivity index (χ0n) is 12.8. The molecule has 1 atom stereocenters. The number of amides is 1. The fourth-order valence-corrected chi connectivity index (χ4v) is 3.92.